The van der Waals surface area contributed by atoms with Gasteiger partial charge in [-0.1, -0.05) is 13.3 Å². The summed E-state index contributed by atoms with van der Waals surface area (Å²) >= 11 is 0. The lowest BCUT2D eigenvalue weighted by Crippen LogP contribution is -2.37. The van der Waals surface area contributed by atoms with E-state index in [-0.39, 0.29) is 5.92 Å². The summed E-state index contributed by atoms with van der Waals surface area (Å²) in [5.41, 5.74) is 0. The van der Waals surface area contributed by atoms with Crippen LogP contribution in [0, 0.1) is 5.92 Å². The minimum atomic E-state index is -4.45. The molecule has 0 unspecified atom stereocenters. The molecule has 0 radical (unpaired) electrons. The van der Waals surface area contributed by atoms with Crippen LogP contribution in [-0.2, 0) is 4.74 Å². The van der Waals surface area contributed by atoms with Crippen LogP contribution in [-0.4, -0.2) is 12.5 Å². The SMILES string of the molecule is CC[C@@H]1CC[C@@H]1OC(F)(F)F. The third-order valence-electron chi connectivity index (χ3n) is 2.16. The summed E-state index contributed by atoms with van der Waals surface area (Å²) in [5.74, 6) is 0.122. The molecule has 0 aromatic heterocycles. The van der Waals surface area contributed by atoms with E-state index in [9.17, 15) is 13.2 Å². The van der Waals surface area contributed by atoms with Gasteiger partial charge in [-0.15, -0.1) is 13.2 Å². The fourth-order valence-electron chi connectivity index (χ4n) is 1.33. The van der Waals surface area contributed by atoms with E-state index < -0.39 is 12.5 Å². The van der Waals surface area contributed by atoms with E-state index in [0.717, 1.165) is 12.8 Å². The summed E-state index contributed by atoms with van der Waals surface area (Å²) in [4.78, 5) is 0. The first-order chi connectivity index (χ1) is 5.03. The molecule has 1 rings (SSSR count). The van der Waals surface area contributed by atoms with Crippen molar-refractivity contribution in [3.8, 4) is 0 Å². The van der Waals surface area contributed by atoms with Gasteiger partial charge in [0.05, 0.1) is 6.10 Å². The van der Waals surface area contributed by atoms with Gasteiger partial charge in [0.15, 0.2) is 0 Å². The van der Waals surface area contributed by atoms with Gasteiger partial charge >= 0.3 is 6.36 Å². The quantitative estimate of drug-likeness (QED) is 0.616. The number of halogens is 3. The molecule has 1 nitrogen and oxygen atoms in total. The average molecular weight is 168 g/mol. The molecule has 1 aliphatic rings. The van der Waals surface area contributed by atoms with Gasteiger partial charge in [-0.25, -0.2) is 0 Å². The van der Waals surface area contributed by atoms with Gasteiger partial charge in [0.1, 0.15) is 0 Å². The summed E-state index contributed by atoms with van der Waals surface area (Å²) in [5, 5.41) is 0. The molecule has 1 aliphatic carbocycles. The lowest BCUT2D eigenvalue weighted by Gasteiger charge is -2.35. The predicted molar refractivity (Wildman–Crippen MR) is 33.9 cm³/mol. The van der Waals surface area contributed by atoms with Gasteiger partial charge in [-0.3, -0.25) is 4.74 Å². The fourth-order valence-corrected chi connectivity index (χ4v) is 1.33. The lowest BCUT2D eigenvalue weighted by molar-refractivity contribution is -0.358. The maximum Gasteiger partial charge on any atom is 0.522 e. The Morgan fingerprint density at radius 3 is 2.27 bits per heavy atom. The minimum absolute atomic E-state index is 0.122. The monoisotopic (exact) mass is 168 g/mol. The van der Waals surface area contributed by atoms with Crippen LogP contribution >= 0.6 is 0 Å². The molecule has 2 atom stereocenters. The van der Waals surface area contributed by atoms with E-state index in [1.54, 1.807) is 0 Å². The average Bonchev–Trinajstić information content (AvgIpc) is 1.80. The Bertz CT molecular complexity index is 130. The molecule has 0 amide bonds. The second-order valence-electron chi connectivity index (χ2n) is 2.85. The Balaban J connectivity index is 2.27. The van der Waals surface area contributed by atoms with Crippen molar-refractivity contribution >= 4 is 0 Å². The molecular weight excluding hydrogens is 157 g/mol. The molecular formula is C7H11F3O. The zero-order valence-electron chi connectivity index (χ0n) is 6.32. The Labute approximate surface area is 63.5 Å². The molecule has 11 heavy (non-hydrogen) atoms. The molecule has 0 heterocycles. The normalized spacial score (nSPS) is 31.6. The first kappa shape index (κ1) is 8.84. The smallest absolute Gasteiger partial charge is 0.288 e. The largest absolute Gasteiger partial charge is 0.522 e. The summed E-state index contributed by atoms with van der Waals surface area (Å²) < 4.78 is 38.7. The predicted octanol–water partition coefficient (Wildman–Crippen LogP) is 2.71. The van der Waals surface area contributed by atoms with Crippen molar-refractivity contribution in [1.29, 1.82) is 0 Å². The Hall–Kier alpha value is -0.250. The van der Waals surface area contributed by atoms with Crippen molar-refractivity contribution in [2.24, 2.45) is 5.92 Å². The molecule has 4 heteroatoms. The number of hydrogen-bond donors (Lipinski definition) is 0. The highest BCUT2D eigenvalue weighted by Gasteiger charge is 2.40. The summed E-state index contributed by atoms with van der Waals surface area (Å²) in [6.45, 7) is 1.89. The van der Waals surface area contributed by atoms with Crippen LogP contribution in [0.2, 0.25) is 0 Å². The van der Waals surface area contributed by atoms with Crippen LogP contribution < -0.4 is 0 Å². The number of alkyl halides is 3. The maximum atomic E-state index is 11.6. The van der Waals surface area contributed by atoms with Crippen molar-refractivity contribution in [3.05, 3.63) is 0 Å². The zero-order valence-corrected chi connectivity index (χ0v) is 6.32. The maximum absolute atomic E-state index is 11.6. The second kappa shape index (κ2) is 3.01. The highest BCUT2D eigenvalue weighted by atomic mass is 19.4. The lowest BCUT2D eigenvalue weighted by atomic mass is 9.80. The summed E-state index contributed by atoms with van der Waals surface area (Å²) in [7, 11) is 0. The molecule has 0 aromatic rings. The molecule has 0 saturated heterocycles. The first-order valence-corrected chi connectivity index (χ1v) is 3.77. The van der Waals surface area contributed by atoms with Crippen LogP contribution in [0.25, 0.3) is 0 Å². The van der Waals surface area contributed by atoms with E-state index in [1.165, 1.54) is 0 Å². The van der Waals surface area contributed by atoms with Gasteiger partial charge < -0.3 is 0 Å². The highest BCUT2D eigenvalue weighted by molar-refractivity contribution is 4.80. The van der Waals surface area contributed by atoms with Crippen molar-refractivity contribution in [2.75, 3.05) is 0 Å². The van der Waals surface area contributed by atoms with Crippen LogP contribution in [0.15, 0.2) is 0 Å². The van der Waals surface area contributed by atoms with Crippen LogP contribution in [0.4, 0.5) is 13.2 Å². The van der Waals surface area contributed by atoms with E-state index in [0.29, 0.717) is 6.42 Å². The zero-order chi connectivity index (χ0) is 8.48. The Kier molecular flexibility index (Phi) is 2.42. The molecule has 1 saturated carbocycles. The molecule has 66 valence electrons. The molecule has 0 aliphatic heterocycles. The third kappa shape index (κ3) is 2.36. The van der Waals surface area contributed by atoms with Gasteiger partial charge in [-0.2, -0.15) is 0 Å². The Morgan fingerprint density at radius 2 is 2.00 bits per heavy atom. The molecule has 1 fully saturated rings. The van der Waals surface area contributed by atoms with Crippen LogP contribution in [0.5, 0.6) is 0 Å². The Morgan fingerprint density at radius 1 is 1.36 bits per heavy atom. The summed E-state index contributed by atoms with van der Waals surface area (Å²) in [6, 6.07) is 0. The van der Waals surface area contributed by atoms with E-state index >= 15 is 0 Å². The number of hydrogen-bond acceptors (Lipinski definition) is 1. The fraction of sp³-hybridized carbons (Fsp3) is 1.00. The van der Waals surface area contributed by atoms with Crippen LogP contribution in [0.3, 0.4) is 0 Å². The van der Waals surface area contributed by atoms with Crippen LogP contribution in [0.1, 0.15) is 26.2 Å². The van der Waals surface area contributed by atoms with E-state index in [2.05, 4.69) is 4.74 Å². The van der Waals surface area contributed by atoms with Gasteiger partial charge in [0, 0.05) is 0 Å². The molecule has 0 aromatic carbocycles. The van der Waals surface area contributed by atoms with Gasteiger partial charge in [-0.05, 0) is 18.8 Å². The standard InChI is InChI=1S/C7H11F3O/c1-2-5-3-4-6(5)11-7(8,9)10/h5-6H,2-4H2,1H3/t5-,6+/m1/s1. The number of rotatable bonds is 2. The van der Waals surface area contributed by atoms with Crippen molar-refractivity contribution in [1.82, 2.24) is 0 Å². The van der Waals surface area contributed by atoms with Crippen molar-refractivity contribution in [3.63, 3.8) is 0 Å². The minimum Gasteiger partial charge on any atom is -0.288 e. The number of ether oxygens (including phenoxy) is 1. The molecule has 0 bridgehead atoms. The molecule has 0 N–H and O–H groups in total. The van der Waals surface area contributed by atoms with Gasteiger partial charge in [0.2, 0.25) is 0 Å². The van der Waals surface area contributed by atoms with Crippen molar-refractivity contribution in [2.45, 2.75) is 38.7 Å². The summed E-state index contributed by atoms with van der Waals surface area (Å²) in [6.07, 6.45) is -2.81. The highest BCUT2D eigenvalue weighted by Crippen LogP contribution is 2.36. The third-order valence-corrected chi connectivity index (χ3v) is 2.16. The topological polar surface area (TPSA) is 9.23 Å². The van der Waals surface area contributed by atoms with E-state index in [1.807, 2.05) is 6.92 Å². The van der Waals surface area contributed by atoms with Gasteiger partial charge in [0.25, 0.3) is 0 Å². The van der Waals surface area contributed by atoms with E-state index in [4.69, 9.17) is 0 Å². The van der Waals surface area contributed by atoms with Crippen molar-refractivity contribution < 1.29 is 17.9 Å². The molecule has 0 spiro atoms. The second-order valence-corrected chi connectivity index (χ2v) is 2.85. The first-order valence-electron chi connectivity index (χ1n) is 3.77.